The summed E-state index contributed by atoms with van der Waals surface area (Å²) < 4.78 is 28.3. The summed E-state index contributed by atoms with van der Waals surface area (Å²) in [6.07, 6.45) is 0.640. The van der Waals surface area contributed by atoms with Crippen molar-refractivity contribution in [3.8, 4) is 0 Å². The van der Waals surface area contributed by atoms with Gasteiger partial charge in [-0.1, -0.05) is 18.2 Å². The Morgan fingerprint density at radius 3 is 2.63 bits per heavy atom. The van der Waals surface area contributed by atoms with E-state index in [4.69, 9.17) is 11.6 Å². The lowest BCUT2D eigenvalue weighted by molar-refractivity contribution is 0.340. The minimum atomic E-state index is -3.44. The second-order valence-corrected chi connectivity index (χ2v) is 7.07. The van der Waals surface area contributed by atoms with Gasteiger partial charge in [-0.3, -0.25) is 4.31 Å². The molecule has 0 aromatic heterocycles. The van der Waals surface area contributed by atoms with Crippen molar-refractivity contribution in [3.63, 3.8) is 0 Å². The van der Waals surface area contributed by atoms with Gasteiger partial charge in [-0.05, 0) is 31.9 Å². The molecule has 19 heavy (non-hydrogen) atoms. The standard InChI is InChI=1S/C13H19ClN2O2S/c1-11(2)16-10-12-6-3-4-7-13(12)15(9-5-8-14)19(16,17)18/h3-4,6-7,11H,5,8-10H2,1-2H3. The van der Waals surface area contributed by atoms with E-state index >= 15 is 0 Å². The Morgan fingerprint density at radius 2 is 2.00 bits per heavy atom. The smallest absolute Gasteiger partial charge is 0.257 e. The fourth-order valence-electron chi connectivity index (χ4n) is 2.28. The Kier molecular flexibility index (Phi) is 4.38. The Bertz CT molecular complexity index is 545. The molecule has 0 amide bonds. The quantitative estimate of drug-likeness (QED) is 0.802. The second kappa shape index (κ2) is 5.69. The summed E-state index contributed by atoms with van der Waals surface area (Å²) in [4.78, 5) is 0. The zero-order valence-corrected chi connectivity index (χ0v) is 12.8. The molecule has 0 N–H and O–H groups in total. The number of alkyl halides is 1. The Hall–Kier alpha value is -0.780. The Balaban J connectivity index is 2.47. The van der Waals surface area contributed by atoms with E-state index in [1.54, 1.807) is 0 Å². The molecule has 0 saturated carbocycles. The number of fused-ring (bicyclic) bond motifs is 1. The van der Waals surface area contributed by atoms with Gasteiger partial charge in [0.15, 0.2) is 0 Å². The third-order valence-electron chi connectivity index (χ3n) is 3.23. The van der Waals surface area contributed by atoms with E-state index in [0.717, 1.165) is 11.3 Å². The molecule has 0 bridgehead atoms. The summed E-state index contributed by atoms with van der Waals surface area (Å²) in [5.41, 5.74) is 1.82. The maximum absolute atomic E-state index is 12.6. The Labute approximate surface area is 120 Å². The van der Waals surface area contributed by atoms with Gasteiger partial charge in [0.2, 0.25) is 0 Å². The zero-order chi connectivity index (χ0) is 14.0. The monoisotopic (exact) mass is 302 g/mol. The number of rotatable bonds is 4. The summed E-state index contributed by atoms with van der Waals surface area (Å²) in [6.45, 7) is 4.65. The summed E-state index contributed by atoms with van der Waals surface area (Å²) in [6, 6.07) is 7.59. The van der Waals surface area contributed by atoms with Crippen LogP contribution in [0.2, 0.25) is 0 Å². The first kappa shape index (κ1) is 14.6. The molecule has 1 heterocycles. The molecule has 0 unspecified atom stereocenters. The van der Waals surface area contributed by atoms with Gasteiger partial charge in [-0.2, -0.15) is 12.7 Å². The third-order valence-corrected chi connectivity index (χ3v) is 5.58. The SMILES string of the molecule is CC(C)N1Cc2ccccc2N(CCCCl)S1(=O)=O. The van der Waals surface area contributed by atoms with Crippen molar-refractivity contribution in [3.05, 3.63) is 29.8 Å². The molecule has 0 aliphatic carbocycles. The first-order chi connectivity index (χ1) is 8.98. The largest absolute Gasteiger partial charge is 0.304 e. The van der Waals surface area contributed by atoms with Crippen LogP contribution in [0.15, 0.2) is 24.3 Å². The van der Waals surface area contributed by atoms with Crippen molar-refractivity contribution in [1.82, 2.24) is 4.31 Å². The van der Waals surface area contributed by atoms with Crippen molar-refractivity contribution in [1.29, 1.82) is 0 Å². The first-order valence-corrected chi connectivity index (χ1v) is 8.35. The predicted molar refractivity (Wildman–Crippen MR) is 78.7 cm³/mol. The van der Waals surface area contributed by atoms with E-state index in [2.05, 4.69) is 0 Å². The van der Waals surface area contributed by atoms with Gasteiger partial charge in [0.25, 0.3) is 0 Å². The number of halogens is 1. The average Bonchev–Trinajstić information content (AvgIpc) is 2.36. The normalized spacial score (nSPS) is 18.6. The van der Waals surface area contributed by atoms with Crippen molar-refractivity contribution >= 4 is 27.5 Å². The van der Waals surface area contributed by atoms with Crippen molar-refractivity contribution < 1.29 is 8.42 Å². The van der Waals surface area contributed by atoms with E-state index in [-0.39, 0.29) is 6.04 Å². The molecule has 0 saturated heterocycles. The maximum atomic E-state index is 12.6. The van der Waals surface area contributed by atoms with Gasteiger partial charge in [-0.15, -0.1) is 11.6 Å². The van der Waals surface area contributed by atoms with Gasteiger partial charge >= 0.3 is 10.2 Å². The van der Waals surface area contributed by atoms with Crippen molar-refractivity contribution in [2.75, 3.05) is 16.7 Å². The minimum Gasteiger partial charge on any atom is -0.257 e. The number of benzene rings is 1. The molecule has 1 aromatic carbocycles. The summed E-state index contributed by atoms with van der Waals surface area (Å²) in [5.74, 6) is 0.454. The topological polar surface area (TPSA) is 40.6 Å². The number of nitrogens with zero attached hydrogens (tertiary/aromatic N) is 2. The van der Waals surface area contributed by atoms with Crippen LogP contribution in [0.4, 0.5) is 5.69 Å². The van der Waals surface area contributed by atoms with E-state index in [9.17, 15) is 8.42 Å². The number of hydrogen-bond acceptors (Lipinski definition) is 2. The van der Waals surface area contributed by atoms with Crippen molar-refractivity contribution in [2.45, 2.75) is 32.9 Å². The molecule has 106 valence electrons. The van der Waals surface area contributed by atoms with Gasteiger partial charge in [0.1, 0.15) is 0 Å². The molecule has 1 aromatic rings. The lowest BCUT2D eigenvalue weighted by atomic mass is 10.1. The van der Waals surface area contributed by atoms with E-state index < -0.39 is 10.2 Å². The summed E-state index contributed by atoms with van der Waals surface area (Å²) in [7, 11) is -3.44. The van der Waals surface area contributed by atoms with E-state index in [1.807, 2.05) is 38.1 Å². The predicted octanol–water partition coefficient (Wildman–Crippen LogP) is 2.59. The van der Waals surface area contributed by atoms with Crippen LogP contribution >= 0.6 is 11.6 Å². The lowest BCUT2D eigenvalue weighted by Crippen LogP contribution is -2.50. The van der Waals surface area contributed by atoms with Gasteiger partial charge in [0.05, 0.1) is 5.69 Å². The highest BCUT2D eigenvalue weighted by molar-refractivity contribution is 7.90. The molecular formula is C13H19ClN2O2S. The molecule has 0 radical (unpaired) electrons. The van der Waals surface area contributed by atoms with Crippen LogP contribution in [-0.2, 0) is 16.8 Å². The van der Waals surface area contributed by atoms with Gasteiger partial charge in [-0.25, -0.2) is 0 Å². The number of anilines is 1. The highest BCUT2D eigenvalue weighted by Crippen LogP contribution is 2.33. The average molecular weight is 303 g/mol. The van der Waals surface area contributed by atoms with Crippen LogP contribution in [0.5, 0.6) is 0 Å². The molecule has 4 nitrogen and oxygen atoms in total. The summed E-state index contributed by atoms with van der Waals surface area (Å²) in [5, 5.41) is 0. The first-order valence-electron chi connectivity index (χ1n) is 6.42. The van der Waals surface area contributed by atoms with Crippen molar-refractivity contribution in [2.24, 2.45) is 0 Å². The Morgan fingerprint density at radius 1 is 1.32 bits per heavy atom. The lowest BCUT2D eigenvalue weighted by Gasteiger charge is -2.39. The summed E-state index contributed by atoms with van der Waals surface area (Å²) >= 11 is 5.70. The highest BCUT2D eigenvalue weighted by atomic mass is 35.5. The van der Waals surface area contributed by atoms with Crippen LogP contribution in [0.25, 0.3) is 0 Å². The molecule has 1 aliphatic rings. The fraction of sp³-hybridized carbons (Fsp3) is 0.538. The third kappa shape index (κ3) is 2.73. The van der Waals surface area contributed by atoms with Crippen LogP contribution in [0, 0.1) is 0 Å². The maximum Gasteiger partial charge on any atom is 0.304 e. The van der Waals surface area contributed by atoms with Crippen LogP contribution in [0.1, 0.15) is 25.8 Å². The minimum absolute atomic E-state index is 0.0585. The molecule has 0 fully saturated rings. The second-order valence-electron chi connectivity index (χ2n) is 4.89. The molecule has 0 atom stereocenters. The van der Waals surface area contributed by atoms with Crippen LogP contribution < -0.4 is 4.31 Å². The molecular weight excluding hydrogens is 284 g/mol. The highest BCUT2D eigenvalue weighted by Gasteiger charge is 2.37. The molecule has 1 aliphatic heterocycles. The van der Waals surface area contributed by atoms with E-state index in [1.165, 1.54) is 8.61 Å². The van der Waals surface area contributed by atoms with Crippen LogP contribution in [-0.4, -0.2) is 31.2 Å². The molecule has 0 spiro atoms. The van der Waals surface area contributed by atoms with Crippen LogP contribution in [0.3, 0.4) is 0 Å². The molecule has 2 rings (SSSR count). The fourth-order valence-corrected chi connectivity index (χ4v) is 4.27. The number of hydrogen-bond donors (Lipinski definition) is 0. The van der Waals surface area contributed by atoms with Gasteiger partial charge in [0, 0.05) is 25.0 Å². The van der Waals surface area contributed by atoms with E-state index in [0.29, 0.717) is 25.4 Å². The number of para-hydroxylation sites is 1. The molecule has 6 heteroatoms. The zero-order valence-electron chi connectivity index (χ0n) is 11.2. The van der Waals surface area contributed by atoms with Gasteiger partial charge < -0.3 is 0 Å².